The predicted octanol–water partition coefficient (Wildman–Crippen LogP) is 2.40. The minimum Gasteiger partial charge on any atom is -0.370 e. The van der Waals surface area contributed by atoms with Gasteiger partial charge in [0.05, 0.1) is 6.54 Å². The molecule has 4 heteroatoms. The Bertz CT molecular complexity index is 344. The number of nitrogens with one attached hydrogen (secondary N) is 1. The molecule has 1 aromatic rings. The van der Waals surface area contributed by atoms with Gasteiger partial charge in [0.1, 0.15) is 0 Å². The van der Waals surface area contributed by atoms with Crippen LogP contribution in [-0.2, 0) is 6.54 Å². The van der Waals surface area contributed by atoms with E-state index in [4.69, 9.17) is 17.3 Å². The SMILES string of the molecule is CC(C)CNC(N)=NCc1ccc(Cl)cc1. The molecular weight excluding hydrogens is 222 g/mol. The summed E-state index contributed by atoms with van der Waals surface area (Å²) in [6, 6.07) is 7.59. The number of nitrogens with zero attached hydrogens (tertiary/aromatic N) is 1. The lowest BCUT2D eigenvalue weighted by molar-refractivity contribution is 0.622. The third-order valence-electron chi connectivity index (χ3n) is 2.04. The lowest BCUT2D eigenvalue weighted by atomic mass is 10.2. The van der Waals surface area contributed by atoms with Gasteiger partial charge in [0.15, 0.2) is 5.96 Å². The topological polar surface area (TPSA) is 50.4 Å². The molecular formula is C12H18ClN3. The largest absolute Gasteiger partial charge is 0.370 e. The van der Waals surface area contributed by atoms with Crippen LogP contribution >= 0.6 is 11.6 Å². The van der Waals surface area contributed by atoms with Crippen LogP contribution in [-0.4, -0.2) is 12.5 Å². The van der Waals surface area contributed by atoms with Crippen molar-refractivity contribution in [1.29, 1.82) is 0 Å². The first-order valence-corrected chi connectivity index (χ1v) is 5.74. The number of hydrogen-bond donors (Lipinski definition) is 2. The number of hydrogen-bond acceptors (Lipinski definition) is 1. The van der Waals surface area contributed by atoms with Crippen LogP contribution in [0.5, 0.6) is 0 Å². The maximum absolute atomic E-state index is 5.79. The number of aliphatic imine (C=N–C) groups is 1. The molecule has 0 heterocycles. The summed E-state index contributed by atoms with van der Waals surface area (Å²) in [6.07, 6.45) is 0. The molecule has 1 aromatic carbocycles. The smallest absolute Gasteiger partial charge is 0.188 e. The van der Waals surface area contributed by atoms with Gasteiger partial charge in [-0.15, -0.1) is 0 Å². The van der Waals surface area contributed by atoms with Crippen LogP contribution in [0.1, 0.15) is 19.4 Å². The van der Waals surface area contributed by atoms with Crippen LogP contribution in [0.4, 0.5) is 0 Å². The summed E-state index contributed by atoms with van der Waals surface area (Å²) in [4.78, 5) is 4.24. The molecule has 0 aromatic heterocycles. The van der Waals surface area contributed by atoms with Gasteiger partial charge in [-0.3, -0.25) is 0 Å². The minimum atomic E-state index is 0.489. The second-order valence-electron chi connectivity index (χ2n) is 4.10. The van der Waals surface area contributed by atoms with Gasteiger partial charge in [0, 0.05) is 11.6 Å². The molecule has 0 aliphatic carbocycles. The summed E-state index contributed by atoms with van der Waals surface area (Å²) < 4.78 is 0. The van der Waals surface area contributed by atoms with E-state index >= 15 is 0 Å². The van der Waals surface area contributed by atoms with Crippen LogP contribution in [0, 0.1) is 5.92 Å². The van der Waals surface area contributed by atoms with Crippen molar-refractivity contribution in [3.8, 4) is 0 Å². The predicted molar refractivity (Wildman–Crippen MR) is 69.6 cm³/mol. The summed E-state index contributed by atoms with van der Waals surface area (Å²) in [5, 5.41) is 3.80. The molecule has 0 bridgehead atoms. The Balaban J connectivity index is 2.43. The zero-order valence-electron chi connectivity index (χ0n) is 9.70. The molecule has 0 saturated heterocycles. The van der Waals surface area contributed by atoms with E-state index in [1.807, 2.05) is 24.3 Å². The quantitative estimate of drug-likeness (QED) is 0.626. The van der Waals surface area contributed by atoms with Gasteiger partial charge in [-0.25, -0.2) is 4.99 Å². The average molecular weight is 240 g/mol. The van der Waals surface area contributed by atoms with Crippen LogP contribution in [0.25, 0.3) is 0 Å². The van der Waals surface area contributed by atoms with E-state index in [1.54, 1.807) is 0 Å². The monoisotopic (exact) mass is 239 g/mol. The molecule has 0 aliphatic rings. The molecule has 0 aliphatic heterocycles. The van der Waals surface area contributed by atoms with Gasteiger partial charge in [-0.1, -0.05) is 37.6 Å². The van der Waals surface area contributed by atoms with Gasteiger partial charge >= 0.3 is 0 Å². The zero-order chi connectivity index (χ0) is 12.0. The Morgan fingerprint density at radius 2 is 2.00 bits per heavy atom. The first-order valence-electron chi connectivity index (χ1n) is 5.36. The molecule has 3 nitrogen and oxygen atoms in total. The minimum absolute atomic E-state index is 0.489. The van der Waals surface area contributed by atoms with E-state index in [2.05, 4.69) is 24.2 Å². The Kier molecular flexibility index (Phi) is 5.12. The van der Waals surface area contributed by atoms with E-state index < -0.39 is 0 Å². The second kappa shape index (κ2) is 6.38. The van der Waals surface area contributed by atoms with Crippen molar-refractivity contribution in [2.24, 2.45) is 16.6 Å². The van der Waals surface area contributed by atoms with Crippen LogP contribution < -0.4 is 11.1 Å². The normalized spacial score (nSPS) is 11.9. The van der Waals surface area contributed by atoms with E-state index in [0.29, 0.717) is 18.4 Å². The molecule has 0 unspecified atom stereocenters. The van der Waals surface area contributed by atoms with Crippen LogP contribution in [0.3, 0.4) is 0 Å². The molecule has 0 fully saturated rings. The highest BCUT2D eigenvalue weighted by Gasteiger charge is 1.95. The standard InChI is InChI=1S/C12H18ClN3/c1-9(2)7-15-12(14)16-8-10-3-5-11(13)6-4-10/h3-6,9H,7-8H2,1-2H3,(H3,14,15,16). The molecule has 0 radical (unpaired) electrons. The summed E-state index contributed by atoms with van der Waals surface area (Å²) in [6.45, 7) is 5.67. The fourth-order valence-electron chi connectivity index (χ4n) is 1.13. The van der Waals surface area contributed by atoms with Crippen molar-refractivity contribution in [3.05, 3.63) is 34.9 Å². The first-order chi connectivity index (χ1) is 7.58. The highest BCUT2D eigenvalue weighted by molar-refractivity contribution is 6.30. The third kappa shape index (κ3) is 5.03. The van der Waals surface area contributed by atoms with E-state index in [0.717, 1.165) is 17.1 Å². The van der Waals surface area contributed by atoms with E-state index in [1.165, 1.54) is 0 Å². The fourth-order valence-corrected chi connectivity index (χ4v) is 1.26. The van der Waals surface area contributed by atoms with Gasteiger partial charge < -0.3 is 11.1 Å². The number of halogens is 1. The highest BCUT2D eigenvalue weighted by atomic mass is 35.5. The number of rotatable bonds is 4. The van der Waals surface area contributed by atoms with Gasteiger partial charge in [0.25, 0.3) is 0 Å². The van der Waals surface area contributed by atoms with Gasteiger partial charge in [-0.05, 0) is 23.6 Å². The van der Waals surface area contributed by atoms with E-state index in [-0.39, 0.29) is 0 Å². The molecule has 0 atom stereocenters. The molecule has 0 saturated carbocycles. The number of guanidine groups is 1. The molecule has 88 valence electrons. The number of benzene rings is 1. The lowest BCUT2D eigenvalue weighted by Gasteiger charge is -2.07. The van der Waals surface area contributed by atoms with E-state index in [9.17, 15) is 0 Å². The van der Waals surface area contributed by atoms with Crippen molar-refractivity contribution >= 4 is 17.6 Å². The lowest BCUT2D eigenvalue weighted by Crippen LogP contribution is -2.34. The molecule has 0 amide bonds. The zero-order valence-corrected chi connectivity index (χ0v) is 10.5. The highest BCUT2D eigenvalue weighted by Crippen LogP contribution is 2.09. The first kappa shape index (κ1) is 12.8. The maximum Gasteiger partial charge on any atom is 0.188 e. The van der Waals surface area contributed by atoms with Crippen molar-refractivity contribution in [2.45, 2.75) is 20.4 Å². The van der Waals surface area contributed by atoms with Crippen molar-refractivity contribution in [1.82, 2.24) is 5.32 Å². The second-order valence-corrected chi connectivity index (χ2v) is 4.54. The Labute approximate surface area is 102 Å². The number of nitrogens with two attached hydrogens (primary N) is 1. The molecule has 1 rings (SSSR count). The summed E-state index contributed by atoms with van der Waals surface area (Å²) in [5.74, 6) is 1.05. The van der Waals surface area contributed by atoms with Crippen molar-refractivity contribution in [3.63, 3.8) is 0 Å². The van der Waals surface area contributed by atoms with Crippen molar-refractivity contribution in [2.75, 3.05) is 6.54 Å². The Morgan fingerprint density at radius 1 is 1.38 bits per heavy atom. The third-order valence-corrected chi connectivity index (χ3v) is 2.29. The maximum atomic E-state index is 5.79. The van der Waals surface area contributed by atoms with Crippen LogP contribution in [0.2, 0.25) is 5.02 Å². The molecule has 16 heavy (non-hydrogen) atoms. The molecule has 3 N–H and O–H groups in total. The van der Waals surface area contributed by atoms with Crippen molar-refractivity contribution < 1.29 is 0 Å². The summed E-state index contributed by atoms with van der Waals surface area (Å²) >= 11 is 5.79. The Hall–Kier alpha value is -1.22. The average Bonchev–Trinajstić information content (AvgIpc) is 2.25. The van der Waals surface area contributed by atoms with Gasteiger partial charge in [0.2, 0.25) is 0 Å². The fraction of sp³-hybridized carbons (Fsp3) is 0.417. The Morgan fingerprint density at radius 3 is 2.56 bits per heavy atom. The summed E-state index contributed by atoms with van der Waals surface area (Å²) in [5.41, 5.74) is 6.81. The summed E-state index contributed by atoms with van der Waals surface area (Å²) in [7, 11) is 0. The van der Waals surface area contributed by atoms with Gasteiger partial charge in [-0.2, -0.15) is 0 Å². The molecule has 0 spiro atoms. The van der Waals surface area contributed by atoms with Crippen LogP contribution in [0.15, 0.2) is 29.3 Å².